The molecule has 0 aliphatic heterocycles. The number of alkyl halides is 3. The van der Waals surface area contributed by atoms with E-state index in [1.807, 2.05) is 0 Å². The summed E-state index contributed by atoms with van der Waals surface area (Å²) in [6, 6.07) is 2.94. The monoisotopic (exact) mass is 210 g/mol. The summed E-state index contributed by atoms with van der Waals surface area (Å²) in [6.45, 7) is -1.11. The van der Waals surface area contributed by atoms with E-state index in [-0.39, 0.29) is 10.8 Å². The van der Waals surface area contributed by atoms with Crippen molar-refractivity contribution in [1.82, 2.24) is 4.98 Å². The average Bonchev–Trinajstić information content (AvgIpc) is 2.01. The number of rotatable bonds is 2. The van der Waals surface area contributed by atoms with Crippen molar-refractivity contribution < 1.29 is 13.2 Å². The van der Waals surface area contributed by atoms with Crippen LogP contribution < -0.4 is 5.32 Å². The fourth-order valence-electron chi connectivity index (χ4n) is 0.713. The van der Waals surface area contributed by atoms with Crippen molar-refractivity contribution in [2.45, 2.75) is 6.18 Å². The Labute approximate surface area is 77.7 Å². The molecule has 0 saturated carbocycles. The van der Waals surface area contributed by atoms with Gasteiger partial charge >= 0.3 is 6.18 Å². The Bertz CT molecular complexity index is 287. The quantitative estimate of drug-likeness (QED) is 0.760. The van der Waals surface area contributed by atoms with Gasteiger partial charge in [-0.15, -0.1) is 0 Å². The van der Waals surface area contributed by atoms with Gasteiger partial charge in [0.2, 0.25) is 0 Å². The van der Waals surface area contributed by atoms with Crippen LogP contribution in [-0.2, 0) is 0 Å². The van der Waals surface area contributed by atoms with Gasteiger partial charge < -0.3 is 5.32 Å². The molecule has 0 amide bonds. The molecule has 0 bridgehead atoms. The first-order valence-electron chi connectivity index (χ1n) is 3.40. The van der Waals surface area contributed by atoms with Crippen molar-refractivity contribution in [3.63, 3.8) is 0 Å². The number of pyridine rings is 1. The number of hydrogen-bond donors (Lipinski definition) is 1. The number of hydrogen-bond acceptors (Lipinski definition) is 2. The number of halogens is 4. The van der Waals surface area contributed by atoms with E-state index in [1.54, 1.807) is 0 Å². The maximum atomic E-state index is 11.7. The second-order valence-electron chi connectivity index (χ2n) is 2.31. The number of anilines is 1. The Morgan fingerprint density at radius 2 is 2.15 bits per heavy atom. The molecule has 0 fully saturated rings. The van der Waals surface area contributed by atoms with Crippen molar-refractivity contribution in [3.05, 3.63) is 23.5 Å². The topological polar surface area (TPSA) is 24.9 Å². The van der Waals surface area contributed by atoms with E-state index in [2.05, 4.69) is 10.3 Å². The van der Waals surface area contributed by atoms with Gasteiger partial charge in [-0.25, -0.2) is 4.98 Å². The van der Waals surface area contributed by atoms with E-state index in [4.69, 9.17) is 11.6 Å². The maximum absolute atomic E-state index is 11.7. The third kappa shape index (κ3) is 3.50. The summed E-state index contributed by atoms with van der Waals surface area (Å²) >= 11 is 5.51. The van der Waals surface area contributed by atoms with Crippen LogP contribution in [0.2, 0.25) is 5.15 Å². The SMILES string of the molecule is FC(F)(F)CNc1cccnc1Cl. The van der Waals surface area contributed by atoms with Crippen LogP contribution in [0.3, 0.4) is 0 Å². The lowest BCUT2D eigenvalue weighted by Crippen LogP contribution is -2.21. The van der Waals surface area contributed by atoms with Crippen LogP contribution in [0.5, 0.6) is 0 Å². The van der Waals surface area contributed by atoms with E-state index in [0.717, 1.165) is 0 Å². The minimum atomic E-state index is -4.25. The number of nitrogens with one attached hydrogen (secondary N) is 1. The fraction of sp³-hybridized carbons (Fsp3) is 0.286. The smallest absolute Gasteiger partial charge is 0.374 e. The van der Waals surface area contributed by atoms with E-state index >= 15 is 0 Å². The molecule has 0 aliphatic carbocycles. The van der Waals surface area contributed by atoms with Crippen molar-refractivity contribution in [2.75, 3.05) is 11.9 Å². The molecule has 1 N–H and O–H groups in total. The fourth-order valence-corrected chi connectivity index (χ4v) is 0.900. The molecular formula is C7H6ClF3N2. The largest absolute Gasteiger partial charge is 0.405 e. The summed E-state index contributed by atoms with van der Waals surface area (Å²) in [5.74, 6) is 0. The van der Waals surface area contributed by atoms with Crippen molar-refractivity contribution >= 4 is 17.3 Å². The predicted molar refractivity (Wildman–Crippen MR) is 43.8 cm³/mol. The maximum Gasteiger partial charge on any atom is 0.405 e. The first-order chi connectivity index (χ1) is 5.99. The lowest BCUT2D eigenvalue weighted by atomic mass is 10.4. The Kier molecular flexibility index (Phi) is 2.98. The molecule has 6 heteroatoms. The summed E-state index contributed by atoms with van der Waals surface area (Å²) in [5.41, 5.74) is 0.182. The van der Waals surface area contributed by atoms with Crippen LogP contribution in [0.1, 0.15) is 0 Å². The highest BCUT2D eigenvalue weighted by molar-refractivity contribution is 6.31. The summed E-state index contributed by atoms with van der Waals surface area (Å²) in [5, 5.41) is 2.17. The summed E-state index contributed by atoms with van der Waals surface area (Å²) in [6.07, 6.45) is -2.85. The highest BCUT2D eigenvalue weighted by atomic mass is 35.5. The summed E-state index contributed by atoms with van der Waals surface area (Å²) < 4.78 is 35.2. The normalized spacial score (nSPS) is 11.4. The van der Waals surface area contributed by atoms with Crippen LogP contribution in [-0.4, -0.2) is 17.7 Å². The Morgan fingerprint density at radius 1 is 1.46 bits per heavy atom. The Balaban J connectivity index is 2.60. The van der Waals surface area contributed by atoms with Crippen LogP contribution in [0.15, 0.2) is 18.3 Å². The minimum absolute atomic E-state index is 0.0340. The van der Waals surface area contributed by atoms with Crippen molar-refractivity contribution in [1.29, 1.82) is 0 Å². The second kappa shape index (κ2) is 3.83. The van der Waals surface area contributed by atoms with Gasteiger partial charge in [-0.2, -0.15) is 13.2 Å². The van der Waals surface area contributed by atoms with E-state index in [9.17, 15) is 13.2 Å². The standard InChI is InChI=1S/C7H6ClF3N2/c8-6-5(2-1-3-12-6)13-4-7(9,10)11/h1-3,13H,4H2. The molecule has 1 aromatic heterocycles. The molecule has 1 heterocycles. The van der Waals surface area contributed by atoms with Gasteiger partial charge in [0.25, 0.3) is 0 Å². The predicted octanol–water partition coefficient (Wildman–Crippen LogP) is 2.71. The zero-order chi connectivity index (χ0) is 9.90. The van der Waals surface area contributed by atoms with Gasteiger partial charge in [0.1, 0.15) is 6.54 Å². The van der Waals surface area contributed by atoms with Gasteiger partial charge in [0, 0.05) is 6.20 Å². The molecule has 1 aromatic rings. The van der Waals surface area contributed by atoms with Crippen LogP contribution in [0.25, 0.3) is 0 Å². The highest BCUT2D eigenvalue weighted by Gasteiger charge is 2.26. The molecule has 0 radical (unpaired) electrons. The van der Waals surface area contributed by atoms with E-state index < -0.39 is 12.7 Å². The van der Waals surface area contributed by atoms with Gasteiger partial charge in [0.15, 0.2) is 5.15 Å². The van der Waals surface area contributed by atoms with Gasteiger partial charge in [-0.1, -0.05) is 11.6 Å². The van der Waals surface area contributed by atoms with Crippen molar-refractivity contribution in [2.24, 2.45) is 0 Å². The lowest BCUT2D eigenvalue weighted by molar-refractivity contribution is -0.115. The molecule has 2 nitrogen and oxygen atoms in total. The van der Waals surface area contributed by atoms with E-state index in [0.29, 0.717) is 0 Å². The molecule has 0 spiro atoms. The third-order valence-electron chi connectivity index (χ3n) is 1.24. The number of nitrogens with zero attached hydrogens (tertiary/aromatic N) is 1. The van der Waals surface area contributed by atoms with Crippen LogP contribution in [0, 0.1) is 0 Å². The molecule has 0 unspecified atom stereocenters. The Morgan fingerprint density at radius 3 is 2.69 bits per heavy atom. The molecule has 0 saturated heterocycles. The molecule has 72 valence electrons. The summed E-state index contributed by atoms with van der Waals surface area (Å²) in [7, 11) is 0. The molecular weight excluding hydrogens is 205 g/mol. The first-order valence-corrected chi connectivity index (χ1v) is 3.78. The zero-order valence-corrected chi connectivity index (χ0v) is 7.15. The van der Waals surface area contributed by atoms with Crippen LogP contribution >= 0.6 is 11.6 Å². The third-order valence-corrected chi connectivity index (χ3v) is 1.54. The summed E-state index contributed by atoms with van der Waals surface area (Å²) in [4.78, 5) is 3.62. The number of aromatic nitrogens is 1. The highest BCUT2D eigenvalue weighted by Crippen LogP contribution is 2.20. The lowest BCUT2D eigenvalue weighted by Gasteiger charge is -2.09. The Hall–Kier alpha value is -0.970. The van der Waals surface area contributed by atoms with Gasteiger partial charge in [-0.3, -0.25) is 0 Å². The molecule has 13 heavy (non-hydrogen) atoms. The minimum Gasteiger partial charge on any atom is -0.374 e. The van der Waals surface area contributed by atoms with Crippen LogP contribution in [0.4, 0.5) is 18.9 Å². The average molecular weight is 211 g/mol. The molecule has 0 atom stereocenters. The second-order valence-corrected chi connectivity index (χ2v) is 2.67. The first kappa shape index (κ1) is 10.1. The molecule has 1 rings (SSSR count). The zero-order valence-electron chi connectivity index (χ0n) is 6.40. The molecule has 0 aromatic carbocycles. The molecule has 0 aliphatic rings. The van der Waals surface area contributed by atoms with Crippen molar-refractivity contribution in [3.8, 4) is 0 Å². The van der Waals surface area contributed by atoms with E-state index in [1.165, 1.54) is 18.3 Å². The van der Waals surface area contributed by atoms with Gasteiger partial charge in [0.05, 0.1) is 5.69 Å². The van der Waals surface area contributed by atoms with Gasteiger partial charge in [-0.05, 0) is 12.1 Å².